The van der Waals surface area contributed by atoms with Gasteiger partial charge < -0.3 is 14.2 Å². The molecule has 1 saturated heterocycles. The predicted octanol–water partition coefficient (Wildman–Crippen LogP) is 3.55. The van der Waals surface area contributed by atoms with E-state index in [-0.39, 0.29) is 17.7 Å². The van der Waals surface area contributed by atoms with Crippen molar-refractivity contribution < 1.29 is 14.3 Å². The van der Waals surface area contributed by atoms with Crippen molar-refractivity contribution in [3.05, 3.63) is 52.8 Å². The molecular weight excluding hydrogens is 328 g/mol. The monoisotopic (exact) mass is 354 g/mol. The summed E-state index contributed by atoms with van der Waals surface area (Å²) in [6.07, 6.45) is 0.888. The highest BCUT2D eigenvalue weighted by molar-refractivity contribution is 5.96. The zero-order valence-corrected chi connectivity index (χ0v) is 15.9. The molecular formula is C21H26N2O3. The minimum absolute atomic E-state index is 0.0528. The van der Waals surface area contributed by atoms with Crippen molar-refractivity contribution in [2.24, 2.45) is 0 Å². The summed E-state index contributed by atoms with van der Waals surface area (Å²) in [5, 5.41) is 0. The van der Waals surface area contributed by atoms with Gasteiger partial charge in [-0.1, -0.05) is 6.92 Å². The van der Waals surface area contributed by atoms with Gasteiger partial charge in [-0.05, 0) is 57.5 Å². The van der Waals surface area contributed by atoms with Gasteiger partial charge in [-0.15, -0.1) is 0 Å². The molecule has 0 saturated carbocycles. The molecule has 1 aliphatic heterocycles. The van der Waals surface area contributed by atoms with Crippen molar-refractivity contribution in [2.45, 2.75) is 40.2 Å². The van der Waals surface area contributed by atoms with Crippen LogP contribution in [-0.4, -0.2) is 47.0 Å². The van der Waals surface area contributed by atoms with Crippen LogP contribution in [0.3, 0.4) is 0 Å². The topological polar surface area (TPSA) is 51.5 Å². The van der Waals surface area contributed by atoms with Crippen LogP contribution in [0.2, 0.25) is 0 Å². The van der Waals surface area contributed by atoms with E-state index in [1.165, 1.54) is 0 Å². The molecule has 1 unspecified atom stereocenters. The maximum absolute atomic E-state index is 12.9. The number of aryl methyl sites for hydroxylation is 1. The van der Waals surface area contributed by atoms with Crippen LogP contribution in [0.1, 0.15) is 52.4 Å². The molecule has 3 rings (SSSR count). The lowest BCUT2D eigenvalue weighted by Gasteiger charge is -2.35. The number of carbonyl (C=O) groups is 2. The fraction of sp³-hybridized carbons (Fsp3) is 0.429. The van der Waals surface area contributed by atoms with Crippen LogP contribution in [0.5, 0.6) is 0 Å². The molecule has 0 bridgehead atoms. The fourth-order valence-corrected chi connectivity index (χ4v) is 3.70. The van der Waals surface area contributed by atoms with Crippen LogP contribution in [0, 0.1) is 13.8 Å². The van der Waals surface area contributed by atoms with Crippen molar-refractivity contribution >= 4 is 11.7 Å². The normalized spacial score (nSPS) is 17.4. The van der Waals surface area contributed by atoms with E-state index in [0.717, 1.165) is 29.1 Å². The van der Waals surface area contributed by atoms with Gasteiger partial charge in [-0.25, -0.2) is 0 Å². The van der Waals surface area contributed by atoms with Crippen LogP contribution in [0.25, 0.3) is 5.69 Å². The fourth-order valence-electron chi connectivity index (χ4n) is 3.70. The third kappa shape index (κ3) is 3.31. The second-order valence-electron chi connectivity index (χ2n) is 6.86. The van der Waals surface area contributed by atoms with Gasteiger partial charge >= 0.3 is 0 Å². The summed E-state index contributed by atoms with van der Waals surface area (Å²) in [5.74, 6) is 0.117. The summed E-state index contributed by atoms with van der Waals surface area (Å²) in [4.78, 5) is 26.5. The summed E-state index contributed by atoms with van der Waals surface area (Å²) in [7, 11) is 0. The van der Waals surface area contributed by atoms with Crippen molar-refractivity contribution in [2.75, 3.05) is 19.8 Å². The number of benzene rings is 1. The molecule has 1 aromatic heterocycles. The second kappa shape index (κ2) is 7.46. The summed E-state index contributed by atoms with van der Waals surface area (Å²) in [6.45, 7) is 9.43. The Kier molecular flexibility index (Phi) is 5.28. The number of hydrogen-bond acceptors (Lipinski definition) is 3. The minimum atomic E-state index is 0.0528. The first kappa shape index (κ1) is 18.4. The predicted molar refractivity (Wildman–Crippen MR) is 101 cm³/mol. The first-order valence-corrected chi connectivity index (χ1v) is 9.13. The van der Waals surface area contributed by atoms with E-state index < -0.39 is 0 Å². The molecule has 1 atom stereocenters. The largest absolute Gasteiger partial charge is 0.377 e. The lowest BCUT2D eigenvalue weighted by Crippen LogP contribution is -2.48. The third-order valence-electron chi connectivity index (χ3n) is 5.14. The second-order valence-corrected chi connectivity index (χ2v) is 6.86. The van der Waals surface area contributed by atoms with Crippen LogP contribution < -0.4 is 0 Å². The average Bonchev–Trinajstić information content (AvgIpc) is 2.96. The van der Waals surface area contributed by atoms with E-state index in [1.54, 1.807) is 6.92 Å². The number of ether oxygens (including phenoxy) is 1. The Morgan fingerprint density at radius 2 is 1.88 bits per heavy atom. The number of carbonyl (C=O) groups excluding carboxylic acids is 2. The van der Waals surface area contributed by atoms with Crippen molar-refractivity contribution in [1.82, 2.24) is 9.47 Å². The smallest absolute Gasteiger partial charge is 0.254 e. The number of hydrogen-bond donors (Lipinski definition) is 0. The Hall–Kier alpha value is -2.40. The minimum Gasteiger partial charge on any atom is -0.377 e. The summed E-state index contributed by atoms with van der Waals surface area (Å²) >= 11 is 0. The van der Waals surface area contributed by atoms with Gasteiger partial charge in [0.25, 0.3) is 5.91 Å². The highest BCUT2D eigenvalue weighted by atomic mass is 16.5. The van der Waals surface area contributed by atoms with Crippen LogP contribution in [-0.2, 0) is 4.74 Å². The van der Waals surface area contributed by atoms with Gasteiger partial charge in [0.2, 0.25) is 0 Å². The molecule has 1 aliphatic rings. The Labute approximate surface area is 154 Å². The quantitative estimate of drug-likeness (QED) is 0.789. The number of aromatic nitrogens is 1. The Bertz CT molecular complexity index is 821. The number of ketones is 1. The van der Waals surface area contributed by atoms with Crippen LogP contribution in [0.4, 0.5) is 0 Å². The van der Waals surface area contributed by atoms with Crippen molar-refractivity contribution in [1.29, 1.82) is 0 Å². The molecule has 5 nitrogen and oxygen atoms in total. The first-order chi connectivity index (χ1) is 12.4. The number of Topliss-reactive ketones (excluding diaryl/α,β-unsaturated/α-hetero) is 1. The highest BCUT2D eigenvalue weighted by Crippen LogP contribution is 2.22. The molecule has 5 heteroatoms. The Morgan fingerprint density at radius 1 is 1.19 bits per heavy atom. The Balaban J connectivity index is 1.87. The highest BCUT2D eigenvalue weighted by Gasteiger charge is 2.26. The molecule has 1 amide bonds. The molecule has 138 valence electrons. The van der Waals surface area contributed by atoms with E-state index in [1.807, 2.05) is 49.1 Å². The molecule has 0 radical (unpaired) electrons. The zero-order valence-electron chi connectivity index (χ0n) is 15.9. The van der Waals surface area contributed by atoms with Crippen molar-refractivity contribution in [3.8, 4) is 5.69 Å². The summed E-state index contributed by atoms with van der Waals surface area (Å²) in [6, 6.07) is 9.68. The standard InChI is InChI=1S/C21H26N2O3/c1-5-18-13-26-11-10-22(18)21(25)17-6-8-19(9-7-17)23-14(2)12-20(15(23)3)16(4)24/h6-9,12,18H,5,10-11,13H2,1-4H3. The van der Waals surface area contributed by atoms with Gasteiger partial charge in [0.1, 0.15) is 0 Å². The molecule has 2 heterocycles. The van der Waals surface area contributed by atoms with Gasteiger partial charge in [-0.3, -0.25) is 9.59 Å². The lowest BCUT2D eigenvalue weighted by molar-refractivity contribution is -0.00279. The van der Waals surface area contributed by atoms with E-state index in [9.17, 15) is 9.59 Å². The van der Waals surface area contributed by atoms with Gasteiger partial charge in [-0.2, -0.15) is 0 Å². The molecule has 26 heavy (non-hydrogen) atoms. The van der Waals surface area contributed by atoms with Gasteiger partial charge in [0, 0.05) is 34.7 Å². The zero-order chi connectivity index (χ0) is 18.8. The van der Waals surface area contributed by atoms with E-state index in [4.69, 9.17) is 4.74 Å². The summed E-state index contributed by atoms with van der Waals surface area (Å²) < 4.78 is 7.54. The van der Waals surface area contributed by atoms with Crippen LogP contribution >= 0.6 is 0 Å². The number of nitrogens with zero attached hydrogens (tertiary/aromatic N) is 2. The maximum atomic E-state index is 12.9. The molecule has 0 N–H and O–H groups in total. The van der Waals surface area contributed by atoms with Crippen LogP contribution in [0.15, 0.2) is 30.3 Å². The molecule has 0 aliphatic carbocycles. The third-order valence-corrected chi connectivity index (χ3v) is 5.14. The number of rotatable bonds is 4. The first-order valence-electron chi connectivity index (χ1n) is 9.13. The molecule has 1 fully saturated rings. The molecule has 0 spiro atoms. The Morgan fingerprint density at radius 3 is 2.46 bits per heavy atom. The molecule has 1 aromatic carbocycles. The van der Waals surface area contributed by atoms with Gasteiger partial charge in [0.15, 0.2) is 5.78 Å². The SMILES string of the molecule is CCC1COCCN1C(=O)c1ccc(-n2c(C)cc(C(C)=O)c2C)cc1. The lowest BCUT2D eigenvalue weighted by atomic mass is 10.1. The maximum Gasteiger partial charge on any atom is 0.254 e. The molecule has 2 aromatic rings. The van der Waals surface area contributed by atoms with E-state index >= 15 is 0 Å². The van der Waals surface area contributed by atoms with E-state index in [0.29, 0.717) is 25.3 Å². The number of morpholine rings is 1. The van der Waals surface area contributed by atoms with Gasteiger partial charge in [0.05, 0.1) is 19.3 Å². The van der Waals surface area contributed by atoms with E-state index in [2.05, 4.69) is 11.5 Å². The van der Waals surface area contributed by atoms with Crippen molar-refractivity contribution in [3.63, 3.8) is 0 Å². The number of amides is 1. The average molecular weight is 354 g/mol. The summed E-state index contributed by atoms with van der Waals surface area (Å²) in [5.41, 5.74) is 4.31.